The molecule has 0 aliphatic rings. The molecule has 0 spiro atoms. The summed E-state index contributed by atoms with van der Waals surface area (Å²) >= 11 is 0. The van der Waals surface area contributed by atoms with Gasteiger partial charge in [0, 0.05) is 39.5 Å². The summed E-state index contributed by atoms with van der Waals surface area (Å²) < 4.78 is 55.8. The summed E-state index contributed by atoms with van der Waals surface area (Å²) in [6, 6.07) is 19.1. The lowest BCUT2D eigenvalue weighted by molar-refractivity contribution is 0.0444. The van der Waals surface area contributed by atoms with Crippen LogP contribution in [0.25, 0.3) is 0 Å². The standard InChI is InChI=1S/C22H44O6Si4.C15H40O5Si4.C7H6O2.H2O/c1-29(2,3)26-31(7,8)28-32(9,27-30(4,5)6)20-14-18-24-17-13-19-25-22(23)21-15-11-10-12-16-21;1-21(2,3)18-23(7,8)20-24(9,19-22(4,5)6)15-11-14-17-13-10-12-16;8-7(9)6-4-2-1-3-5-6;/h10-12,15-16H,13-14,17-20H2,1-9H3;16H,10-15H2,1-9H3;1-5H,(H,8,9);1H2/p-1. The molecule has 0 saturated heterocycles. The number of rotatable bonds is 29. The van der Waals surface area contributed by atoms with Gasteiger partial charge in [0.15, 0.2) is 33.3 Å². The van der Waals surface area contributed by atoms with Crippen molar-refractivity contribution in [2.24, 2.45) is 0 Å². The van der Waals surface area contributed by atoms with E-state index in [2.05, 4.69) is 118 Å². The van der Waals surface area contributed by atoms with E-state index in [1.54, 1.807) is 42.5 Å². The van der Waals surface area contributed by atoms with Gasteiger partial charge in [0.1, 0.15) is 0 Å². The molecule has 0 amide bonds. The van der Waals surface area contributed by atoms with Gasteiger partial charge in [0.25, 0.3) is 0 Å². The molecule has 2 aromatic rings. The second-order valence-electron chi connectivity index (χ2n) is 21.2. The van der Waals surface area contributed by atoms with E-state index in [9.17, 15) is 9.59 Å². The van der Waals surface area contributed by atoms with Gasteiger partial charge in [-0.25, -0.2) is 9.59 Å². The van der Waals surface area contributed by atoms with E-state index in [0.717, 1.165) is 24.9 Å². The Bertz CT molecular complexity index is 1600. The third kappa shape index (κ3) is 37.6. The van der Waals surface area contributed by atoms with Gasteiger partial charge in [-0.3, -0.25) is 0 Å². The summed E-state index contributed by atoms with van der Waals surface area (Å²) in [5.74, 6) is -1.17. The Morgan fingerprint density at radius 2 is 0.773 bits per heavy atom. The SMILES string of the molecule is C[Si](C)(C)O[Si](C)(C)O[Si](C)(CCCOCCCO)O[Si](C)(C)C.C[Si](C)(C)O[Si](C)(C)O[Si](C)(CCCOCCCOC(=O)c1ccccc1)O[Si](C)(C)C.O=C(O)c1ccccc1.[OH-]. The summed E-state index contributed by atoms with van der Waals surface area (Å²) in [6.45, 7) is 42.5. The molecule has 2 unspecified atom stereocenters. The molecule has 0 bridgehead atoms. The van der Waals surface area contributed by atoms with Crippen LogP contribution in [0, 0.1) is 0 Å². The highest BCUT2D eigenvalue weighted by Gasteiger charge is 2.45. The molecule has 66 heavy (non-hydrogen) atoms. The van der Waals surface area contributed by atoms with Crippen LogP contribution < -0.4 is 0 Å². The number of carboxylic acid groups (broad SMARTS) is 1. The summed E-state index contributed by atoms with van der Waals surface area (Å²) in [7, 11) is -15.9. The number of aromatic carboxylic acids is 1. The van der Waals surface area contributed by atoms with Crippen LogP contribution in [0.2, 0.25) is 130 Å². The first-order chi connectivity index (χ1) is 29.6. The lowest BCUT2D eigenvalue weighted by Gasteiger charge is -2.41. The van der Waals surface area contributed by atoms with E-state index < -0.39 is 73.5 Å². The van der Waals surface area contributed by atoms with Crippen molar-refractivity contribution in [2.75, 3.05) is 39.6 Å². The minimum Gasteiger partial charge on any atom is -0.870 e. The Morgan fingerprint density at radius 1 is 0.439 bits per heavy atom. The second-order valence-corrected chi connectivity index (χ2v) is 54.1. The van der Waals surface area contributed by atoms with Crippen molar-refractivity contribution < 1.29 is 64.2 Å². The molecule has 0 saturated carbocycles. The summed E-state index contributed by atoms with van der Waals surface area (Å²) in [5.41, 5.74) is 0.905. The summed E-state index contributed by atoms with van der Waals surface area (Å²) in [6.07, 6.45) is 3.18. The first-order valence-corrected chi connectivity index (χ1v) is 47.4. The molecule has 0 radical (unpaired) electrons. The van der Waals surface area contributed by atoms with Gasteiger partial charge in [-0.15, -0.1) is 0 Å². The number of carboxylic acids is 1. The van der Waals surface area contributed by atoms with Gasteiger partial charge in [-0.2, -0.15) is 0 Å². The quantitative estimate of drug-likeness (QED) is 0.0445. The molecule has 2 rings (SSSR count). The minimum absolute atomic E-state index is 0. The fourth-order valence-electron chi connectivity index (χ4n) is 7.02. The molecule has 384 valence electrons. The monoisotopic (exact) mass is 1070 g/mol. The van der Waals surface area contributed by atoms with Crippen molar-refractivity contribution in [3.8, 4) is 0 Å². The highest BCUT2D eigenvalue weighted by Crippen LogP contribution is 2.29. The number of hydrogen-bond acceptors (Lipinski definition) is 13. The van der Waals surface area contributed by atoms with Crippen molar-refractivity contribution in [3.63, 3.8) is 0 Å². The number of carbonyl (C=O) groups is 2. The van der Waals surface area contributed by atoms with Gasteiger partial charge >= 0.3 is 46.2 Å². The number of esters is 1. The summed E-state index contributed by atoms with van der Waals surface area (Å²) in [5, 5.41) is 17.2. The third-order valence-corrected chi connectivity index (χ3v) is 35.1. The first-order valence-electron chi connectivity index (χ1n) is 23.1. The largest absolute Gasteiger partial charge is 0.870 e. The van der Waals surface area contributed by atoms with Crippen molar-refractivity contribution in [3.05, 3.63) is 71.8 Å². The van der Waals surface area contributed by atoms with E-state index in [0.29, 0.717) is 57.0 Å². The molecule has 14 nitrogen and oxygen atoms in total. The van der Waals surface area contributed by atoms with E-state index in [1.165, 1.54) is 0 Å². The number of aliphatic hydroxyl groups is 1. The molecule has 0 aliphatic carbocycles. The topological polar surface area (TPSA) is 188 Å². The van der Waals surface area contributed by atoms with Crippen LogP contribution in [0.4, 0.5) is 0 Å². The van der Waals surface area contributed by atoms with Crippen LogP contribution >= 0.6 is 0 Å². The molecule has 3 N–H and O–H groups in total. The predicted molar refractivity (Wildman–Crippen MR) is 287 cm³/mol. The number of ether oxygens (including phenoxy) is 3. The molecular formula is C44H91O14Si8-. The Balaban J connectivity index is 0. The average Bonchev–Trinajstić information content (AvgIpc) is 3.11. The maximum atomic E-state index is 11.9. The van der Waals surface area contributed by atoms with Crippen LogP contribution in [0.1, 0.15) is 46.4 Å². The Labute approximate surface area is 408 Å². The molecule has 0 aromatic heterocycles. The predicted octanol–water partition coefficient (Wildman–Crippen LogP) is 11.6. The van der Waals surface area contributed by atoms with E-state index in [1.807, 2.05) is 18.2 Å². The molecular weight excluding hydrogens is 977 g/mol. The lowest BCUT2D eigenvalue weighted by atomic mass is 10.2. The highest BCUT2D eigenvalue weighted by atomic mass is 28.5. The second kappa shape index (κ2) is 31.1. The number of carbonyl (C=O) groups excluding carboxylic acids is 1. The van der Waals surface area contributed by atoms with Crippen LogP contribution in [0.3, 0.4) is 0 Å². The number of hydrogen-bond donors (Lipinski definition) is 2. The fourth-order valence-corrected chi connectivity index (χ4v) is 42.9. The number of aliphatic hydroxyl groups excluding tert-OH is 1. The van der Waals surface area contributed by atoms with Crippen LogP contribution in [-0.2, 0) is 38.9 Å². The zero-order valence-electron chi connectivity index (χ0n) is 44.1. The van der Waals surface area contributed by atoms with E-state index >= 15 is 0 Å². The average molecular weight is 1070 g/mol. The molecule has 2 atom stereocenters. The normalized spacial score (nSPS) is 14.3. The minimum atomic E-state index is -2.38. The van der Waals surface area contributed by atoms with Crippen LogP contribution in [0.15, 0.2) is 60.7 Å². The molecule has 0 heterocycles. The van der Waals surface area contributed by atoms with Gasteiger partial charge in [-0.05, 0) is 173 Å². The number of benzene rings is 2. The smallest absolute Gasteiger partial charge is 0.338 e. The van der Waals surface area contributed by atoms with Gasteiger partial charge in [0.2, 0.25) is 0 Å². The van der Waals surface area contributed by atoms with Crippen LogP contribution in [-0.4, -0.2) is 135 Å². The van der Waals surface area contributed by atoms with Crippen molar-refractivity contribution >= 4 is 79.5 Å². The van der Waals surface area contributed by atoms with Gasteiger partial charge in [0.05, 0.1) is 17.7 Å². The third-order valence-electron chi connectivity index (χ3n) is 8.05. The fraction of sp³-hybridized carbons (Fsp3) is 0.682. The molecule has 22 heteroatoms. The Kier molecular flexibility index (Phi) is 31.5. The maximum Gasteiger partial charge on any atom is 0.338 e. The van der Waals surface area contributed by atoms with Gasteiger partial charge < -0.3 is 54.6 Å². The maximum absolute atomic E-state index is 11.9. The van der Waals surface area contributed by atoms with E-state index in [4.69, 9.17) is 49.1 Å². The van der Waals surface area contributed by atoms with Gasteiger partial charge in [-0.1, -0.05) is 36.4 Å². The van der Waals surface area contributed by atoms with E-state index in [-0.39, 0.29) is 18.1 Å². The van der Waals surface area contributed by atoms with Crippen molar-refractivity contribution in [1.82, 2.24) is 0 Å². The molecule has 0 fully saturated rings. The molecule has 0 aliphatic heterocycles. The van der Waals surface area contributed by atoms with Crippen molar-refractivity contribution in [1.29, 1.82) is 0 Å². The van der Waals surface area contributed by atoms with Crippen LogP contribution in [0.5, 0.6) is 0 Å². The summed E-state index contributed by atoms with van der Waals surface area (Å²) in [4.78, 5) is 22.1. The molecule has 2 aromatic carbocycles. The zero-order chi connectivity index (χ0) is 50.2. The lowest BCUT2D eigenvalue weighted by Crippen LogP contribution is -2.56. The Morgan fingerprint density at radius 3 is 1.09 bits per heavy atom. The first kappa shape index (κ1) is 66.8. The van der Waals surface area contributed by atoms with Crippen molar-refractivity contribution in [2.45, 2.75) is 156 Å². The highest BCUT2D eigenvalue weighted by molar-refractivity contribution is 6.90. The Hall–Kier alpha value is -1.28. The zero-order valence-corrected chi connectivity index (χ0v) is 52.1.